The predicted octanol–water partition coefficient (Wildman–Crippen LogP) is 3.60. The van der Waals surface area contributed by atoms with Crippen molar-refractivity contribution in [2.24, 2.45) is 5.92 Å². The van der Waals surface area contributed by atoms with Gasteiger partial charge in [-0.3, -0.25) is 14.9 Å². The van der Waals surface area contributed by atoms with Gasteiger partial charge < -0.3 is 0 Å². The highest BCUT2D eigenvalue weighted by atomic mass is 19.4. The second-order valence-electron chi connectivity index (χ2n) is 4.56. The maximum absolute atomic E-state index is 12.8. The van der Waals surface area contributed by atoms with Gasteiger partial charge in [0.05, 0.1) is 10.5 Å². The van der Waals surface area contributed by atoms with E-state index in [2.05, 4.69) is 0 Å². The molecule has 0 amide bonds. The molecule has 1 fully saturated rings. The molecule has 0 bridgehead atoms. The zero-order valence-electron chi connectivity index (χ0n) is 9.74. The highest BCUT2D eigenvalue weighted by Crippen LogP contribution is 2.37. The molecular formula is C12H10F3NO3. The molecule has 102 valence electrons. The van der Waals surface area contributed by atoms with Gasteiger partial charge in [-0.05, 0) is 24.8 Å². The van der Waals surface area contributed by atoms with E-state index < -0.39 is 33.7 Å². The van der Waals surface area contributed by atoms with Gasteiger partial charge in [0.25, 0.3) is 5.69 Å². The quantitative estimate of drug-likeness (QED) is 0.478. The Morgan fingerprint density at radius 1 is 1.37 bits per heavy atom. The molecule has 0 radical (unpaired) electrons. The van der Waals surface area contributed by atoms with E-state index >= 15 is 0 Å². The number of carbonyl (C=O) groups is 1. The van der Waals surface area contributed by atoms with Crippen LogP contribution in [0.15, 0.2) is 18.2 Å². The minimum Gasteiger partial charge on any atom is -0.294 e. The lowest BCUT2D eigenvalue weighted by molar-refractivity contribution is -0.384. The van der Waals surface area contributed by atoms with Crippen LogP contribution in [0.4, 0.5) is 18.9 Å². The minimum absolute atomic E-state index is 0.0181. The highest BCUT2D eigenvalue weighted by Gasteiger charge is 2.37. The van der Waals surface area contributed by atoms with Crippen LogP contribution in [0.3, 0.4) is 0 Å². The molecule has 0 spiro atoms. The lowest BCUT2D eigenvalue weighted by Crippen LogP contribution is -2.14. The Hall–Kier alpha value is -1.92. The molecule has 19 heavy (non-hydrogen) atoms. The Morgan fingerprint density at radius 2 is 2.00 bits per heavy atom. The van der Waals surface area contributed by atoms with E-state index in [0.717, 1.165) is 18.9 Å². The Bertz CT molecular complexity index is 536. The molecule has 2 rings (SSSR count). The van der Waals surface area contributed by atoms with Crippen molar-refractivity contribution in [3.05, 3.63) is 39.4 Å². The molecule has 1 saturated carbocycles. The van der Waals surface area contributed by atoms with Gasteiger partial charge in [-0.1, -0.05) is 0 Å². The van der Waals surface area contributed by atoms with Crippen LogP contribution in [0.5, 0.6) is 0 Å². The highest BCUT2D eigenvalue weighted by molar-refractivity contribution is 5.98. The first-order chi connectivity index (χ1) is 8.79. The van der Waals surface area contributed by atoms with E-state index in [1.165, 1.54) is 0 Å². The SMILES string of the molecule is O=C(CC1CC1)c1cc([N+](=O)[O-])ccc1C(F)(F)F. The van der Waals surface area contributed by atoms with Crippen LogP contribution in [-0.2, 0) is 6.18 Å². The van der Waals surface area contributed by atoms with Crippen molar-refractivity contribution in [1.29, 1.82) is 0 Å². The molecule has 0 unspecified atom stereocenters. The van der Waals surface area contributed by atoms with Crippen molar-refractivity contribution < 1.29 is 22.9 Å². The Morgan fingerprint density at radius 3 is 2.47 bits per heavy atom. The van der Waals surface area contributed by atoms with Crippen molar-refractivity contribution in [1.82, 2.24) is 0 Å². The zero-order valence-corrected chi connectivity index (χ0v) is 9.74. The summed E-state index contributed by atoms with van der Waals surface area (Å²) in [5.74, 6) is -0.564. The van der Waals surface area contributed by atoms with E-state index in [-0.39, 0.29) is 12.3 Å². The maximum Gasteiger partial charge on any atom is 0.417 e. The summed E-state index contributed by atoms with van der Waals surface area (Å²) in [4.78, 5) is 21.6. The number of benzene rings is 1. The summed E-state index contributed by atoms with van der Waals surface area (Å²) in [7, 11) is 0. The summed E-state index contributed by atoms with van der Waals surface area (Å²) < 4.78 is 38.3. The Labute approximate surface area is 106 Å². The fourth-order valence-corrected chi connectivity index (χ4v) is 1.82. The molecule has 1 aliphatic rings. The molecule has 0 saturated heterocycles. The number of Topliss-reactive ketones (excluding diaryl/α,β-unsaturated/α-hetero) is 1. The number of ketones is 1. The van der Waals surface area contributed by atoms with Gasteiger partial charge in [0.1, 0.15) is 0 Å². The standard InChI is InChI=1S/C12H10F3NO3/c13-12(14,15)10-4-3-8(16(18)19)6-9(10)11(17)5-7-1-2-7/h3-4,6-7H,1-2,5H2. The Balaban J connectivity index is 2.42. The number of carbonyl (C=O) groups excluding carboxylic acids is 1. The topological polar surface area (TPSA) is 60.2 Å². The summed E-state index contributed by atoms with van der Waals surface area (Å²) in [6, 6.07) is 2.07. The van der Waals surface area contributed by atoms with Crippen molar-refractivity contribution in [2.45, 2.75) is 25.4 Å². The second-order valence-corrected chi connectivity index (χ2v) is 4.56. The molecule has 0 aliphatic heterocycles. The van der Waals surface area contributed by atoms with Crippen LogP contribution in [0.25, 0.3) is 0 Å². The molecule has 1 aromatic carbocycles. The van der Waals surface area contributed by atoms with Gasteiger partial charge in [0.15, 0.2) is 5.78 Å². The number of alkyl halides is 3. The number of halogens is 3. The first kappa shape index (κ1) is 13.5. The fraction of sp³-hybridized carbons (Fsp3) is 0.417. The van der Waals surface area contributed by atoms with Gasteiger partial charge in [-0.2, -0.15) is 13.2 Å². The first-order valence-electron chi connectivity index (χ1n) is 5.68. The van der Waals surface area contributed by atoms with E-state index in [1.54, 1.807) is 0 Å². The number of non-ortho nitro benzene ring substituents is 1. The van der Waals surface area contributed by atoms with Crippen LogP contribution in [0, 0.1) is 16.0 Å². The second kappa shape index (κ2) is 4.64. The molecular weight excluding hydrogens is 263 g/mol. The number of nitrogens with zero attached hydrogens (tertiary/aromatic N) is 1. The van der Waals surface area contributed by atoms with E-state index in [1.807, 2.05) is 0 Å². The molecule has 0 aromatic heterocycles. The smallest absolute Gasteiger partial charge is 0.294 e. The summed E-state index contributed by atoms with van der Waals surface area (Å²) >= 11 is 0. The summed E-state index contributed by atoms with van der Waals surface area (Å²) in [6.07, 6.45) is -3.03. The van der Waals surface area contributed by atoms with Crippen molar-refractivity contribution >= 4 is 11.5 Å². The lowest BCUT2D eigenvalue weighted by atomic mass is 9.99. The van der Waals surface area contributed by atoms with Gasteiger partial charge >= 0.3 is 6.18 Å². The first-order valence-corrected chi connectivity index (χ1v) is 5.68. The van der Waals surface area contributed by atoms with Gasteiger partial charge in [-0.25, -0.2) is 0 Å². The largest absolute Gasteiger partial charge is 0.417 e. The number of hydrogen-bond donors (Lipinski definition) is 0. The average Bonchev–Trinajstić information content (AvgIpc) is 3.10. The summed E-state index contributed by atoms with van der Waals surface area (Å²) in [5.41, 5.74) is -2.22. The van der Waals surface area contributed by atoms with Gasteiger partial charge in [-0.15, -0.1) is 0 Å². The molecule has 1 aliphatic carbocycles. The van der Waals surface area contributed by atoms with Crippen molar-refractivity contribution in [2.75, 3.05) is 0 Å². The monoisotopic (exact) mass is 273 g/mol. The van der Waals surface area contributed by atoms with Crippen LogP contribution in [0.2, 0.25) is 0 Å². The third kappa shape index (κ3) is 3.10. The van der Waals surface area contributed by atoms with Crippen molar-refractivity contribution in [3.63, 3.8) is 0 Å². The van der Waals surface area contributed by atoms with Gasteiger partial charge in [0.2, 0.25) is 0 Å². The van der Waals surface area contributed by atoms with Crippen molar-refractivity contribution in [3.8, 4) is 0 Å². The maximum atomic E-state index is 12.8. The van der Waals surface area contributed by atoms with Crippen LogP contribution in [0.1, 0.15) is 35.2 Å². The predicted molar refractivity (Wildman–Crippen MR) is 59.8 cm³/mol. The van der Waals surface area contributed by atoms with E-state index in [4.69, 9.17) is 0 Å². The molecule has 7 heteroatoms. The van der Waals surface area contributed by atoms with Crippen LogP contribution >= 0.6 is 0 Å². The number of nitro benzene ring substituents is 1. The fourth-order valence-electron chi connectivity index (χ4n) is 1.82. The molecule has 0 atom stereocenters. The number of hydrogen-bond acceptors (Lipinski definition) is 3. The third-order valence-corrected chi connectivity index (χ3v) is 2.99. The van der Waals surface area contributed by atoms with Gasteiger partial charge in [0, 0.05) is 24.1 Å². The lowest BCUT2D eigenvalue weighted by Gasteiger charge is -2.11. The molecule has 4 nitrogen and oxygen atoms in total. The molecule has 0 heterocycles. The minimum atomic E-state index is -4.69. The van der Waals surface area contributed by atoms with E-state index in [9.17, 15) is 28.1 Å². The Kier molecular flexibility index (Phi) is 3.30. The number of rotatable bonds is 4. The third-order valence-electron chi connectivity index (χ3n) is 2.99. The zero-order chi connectivity index (χ0) is 14.2. The summed E-state index contributed by atoms with van der Waals surface area (Å²) in [5, 5.41) is 10.6. The molecule has 1 aromatic rings. The van der Waals surface area contributed by atoms with E-state index in [0.29, 0.717) is 12.1 Å². The number of nitro groups is 1. The molecule has 0 N–H and O–H groups in total. The van der Waals surface area contributed by atoms with Crippen LogP contribution in [-0.4, -0.2) is 10.7 Å². The summed E-state index contributed by atoms with van der Waals surface area (Å²) in [6.45, 7) is 0. The average molecular weight is 273 g/mol. The normalized spacial score (nSPS) is 15.3. The van der Waals surface area contributed by atoms with Crippen LogP contribution < -0.4 is 0 Å².